The quantitative estimate of drug-likeness (QED) is 0.672. The summed E-state index contributed by atoms with van der Waals surface area (Å²) in [5, 5.41) is 12.8. The summed E-state index contributed by atoms with van der Waals surface area (Å²) in [6, 6.07) is 18.4. The number of nitrogens with zero attached hydrogens (tertiary/aromatic N) is 2. The summed E-state index contributed by atoms with van der Waals surface area (Å²) in [5.41, 5.74) is 4.31. The van der Waals surface area contributed by atoms with Crippen LogP contribution in [-0.4, -0.2) is 5.91 Å². The maximum Gasteiger partial charge on any atom is 0.266 e. The number of carbonyl (C=O) groups is 1. The van der Waals surface area contributed by atoms with Gasteiger partial charge in [-0.25, -0.2) is 0 Å². The molecular weight excluding hydrogens is 378 g/mol. The van der Waals surface area contributed by atoms with Crippen molar-refractivity contribution in [3.8, 4) is 6.07 Å². The van der Waals surface area contributed by atoms with Crippen LogP contribution in [0.5, 0.6) is 0 Å². The van der Waals surface area contributed by atoms with Gasteiger partial charge in [0, 0.05) is 5.69 Å². The summed E-state index contributed by atoms with van der Waals surface area (Å²) in [6.45, 7) is 10.8. The molecule has 4 nitrogen and oxygen atoms in total. The van der Waals surface area contributed by atoms with Crippen LogP contribution in [0, 0.1) is 11.3 Å². The van der Waals surface area contributed by atoms with Gasteiger partial charge in [-0.05, 0) is 40.2 Å². The highest BCUT2D eigenvalue weighted by molar-refractivity contribution is 7.84. The summed E-state index contributed by atoms with van der Waals surface area (Å²) in [5.74, 6) is 0.0176. The molecule has 0 aromatic heterocycles. The summed E-state index contributed by atoms with van der Waals surface area (Å²) in [4.78, 5) is 14.4. The molecule has 0 aliphatic carbocycles. The van der Waals surface area contributed by atoms with Crippen molar-refractivity contribution in [1.29, 1.82) is 5.26 Å². The van der Waals surface area contributed by atoms with Crippen molar-refractivity contribution >= 4 is 24.2 Å². The molecule has 0 bridgehead atoms. The van der Waals surface area contributed by atoms with Crippen LogP contribution in [0.3, 0.4) is 0 Å². The molecule has 2 aromatic carbocycles. The molecule has 1 aliphatic rings. The van der Waals surface area contributed by atoms with E-state index >= 15 is 0 Å². The minimum Gasteiger partial charge on any atom is -0.327 e. The normalized spacial score (nSPS) is 17.4. The minimum atomic E-state index is -0.439. The second-order valence-corrected chi connectivity index (χ2v) is 9.10. The Morgan fingerprint density at radius 1 is 1.07 bits per heavy atom. The zero-order valence-corrected chi connectivity index (χ0v) is 18.4. The van der Waals surface area contributed by atoms with E-state index in [0.29, 0.717) is 10.9 Å². The number of nitrogens with one attached hydrogen (secondary N) is 1. The second kappa shape index (κ2) is 7.96. The smallest absolute Gasteiger partial charge is 0.266 e. The topological polar surface area (TPSA) is 56.1 Å². The molecule has 2 aromatic rings. The lowest BCUT2D eigenvalue weighted by Gasteiger charge is -2.38. The Labute approximate surface area is 178 Å². The van der Waals surface area contributed by atoms with Crippen molar-refractivity contribution in [3.63, 3.8) is 0 Å². The molecule has 29 heavy (non-hydrogen) atoms. The molecule has 0 saturated heterocycles. The Balaban J connectivity index is 2.08. The first-order valence-electron chi connectivity index (χ1n) is 9.77. The zero-order valence-electron chi connectivity index (χ0n) is 17.5. The molecular formula is C24H27N3OS. The van der Waals surface area contributed by atoms with Gasteiger partial charge in [-0.15, -0.1) is 12.6 Å². The van der Waals surface area contributed by atoms with E-state index in [4.69, 9.17) is 0 Å². The molecule has 0 saturated carbocycles. The van der Waals surface area contributed by atoms with E-state index in [2.05, 4.69) is 76.8 Å². The van der Waals surface area contributed by atoms with Gasteiger partial charge in [0.25, 0.3) is 5.91 Å². The van der Waals surface area contributed by atoms with Gasteiger partial charge in [0.2, 0.25) is 0 Å². The second-order valence-electron chi connectivity index (χ2n) is 8.67. The fourth-order valence-electron chi connectivity index (χ4n) is 3.39. The molecule has 1 heterocycles. The lowest BCUT2D eigenvalue weighted by molar-refractivity contribution is -0.118. The van der Waals surface area contributed by atoms with Gasteiger partial charge in [0.05, 0.1) is 5.03 Å². The number of hydrogen-bond acceptors (Lipinski definition) is 4. The number of benzene rings is 2. The number of rotatable bonds is 3. The van der Waals surface area contributed by atoms with E-state index < -0.39 is 12.1 Å². The van der Waals surface area contributed by atoms with Crippen LogP contribution in [-0.2, 0) is 10.2 Å². The van der Waals surface area contributed by atoms with E-state index in [0.717, 1.165) is 11.3 Å². The van der Waals surface area contributed by atoms with Crippen LogP contribution in [0.1, 0.15) is 63.4 Å². The summed E-state index contributed by atoms with van der Waals surface area (Å²) >= 11 is 4.57. The van der Waals surface area contributed by atoms with Crippen LogP contribution >= 0.6 is 12.6 Å². The largest absolute Gasteiger partial charge is 0.327 e. The van der Waals surface area contributed by atoms with Crippen LogP contribution in [0.25, 0.3) is 0 Å². The molecule has 1 amide bonds. The van der Waals surface area contributed by atoms with Gasteiger partial charge in [-0.3, -0.25) is 4.79 Å². The van der Waals surface area contributed by atoms with Crippen molar-refractivity contribution in [3.05, 3.63) is 75.8 Å². The number of hydrogen-bond donors (Lipinski definition) is 2. The standard InChI is InChI=1S/C24H27N3OS/c1-15(2)16-8-12-19(13-9-16)27-21(26-22(28)20(14-25)23(27)29)17-6-10-18(11-7-17)24(3,4)5/h6-13,15,21,29H,1-5H3,(H,26,28). The molecule has 0 radical (unpaired) electrons. The molecule has 0 spiro atoms. The number of anilines is 1. The molecule has 3 rings (SSSR count). The van der Waals surface area contributed by atoms with Gasteiger partial charge in [-0.2, -0.15) is 5.26 Å². The fourth-order valence-corrected chi connectivity index (χ4v) is 3.78. The van der Waals surface area contributed by atoms with Crippen molar-refractivity contribution in [2.45, 2.75) is 52.1 Å². The molecule has 150 valence electrons. The van der Waals surface area contributed by atoms with Gasteiger partial charge in [0.1, 0.15) is 17.8 Å². The average Bonchev–Trinajstić information content (AvgIpc) is 2.67. The number of carbonyl (C=O) groups excluding carboxylic acids is 1. The van der Waals surface area contributed by atoms with Crippen molar-refractivity contribution in [2.75, 3.05) is 4.90 Å². The highest BCUT2D eigenvalue weighted by atomic mass is 32.1. The highest BCUT2D eigenvalue weighted by Crippen LogP contribution is 2.36. The molecule has 1 aliphatic heterocycles. The summed E-state index contributed by atoms with van der Waals surface area (Å²) in [7, 11) is 0. The highest BCUT2D eigenvalue weighted by Gasteiger charge is 2.34. The summed E-state index contributed by atoms with van der Waals surface area (Å²) < 4.78 is 0. The third-order valence-electron chi connectivity index (χ3n) is 5.25. The van der Waals surface area contributed by atoms with Gasteiger partial charge < -0.3 is 10.2 Å². The Bertz CT molecular complexity index is 977. The van der Waals surface area contributed by atoms with Crippen molar-refractivity contribution in [2.24, 2.45) is 0 Å². The fraction of sp³-hybridized carbons (Fsp3) is 0.333. The Kier molecular flexibility index (Phi) is 5.77. The third-order valence-corrected chi connectivity index (χ3v) is 5.69. The Morgan fingerprint density at radius 3 is 2.14 bits per heavy atom. The lowest BCUT2D eigenvalue weighted by Crippen LogP contribution is -2.46. The minimum absolute atomic E-state index is 0.0174. The Hall–Kier alpha value is -2.71. The number of amides is 1. The maximum atomic E-state index is 12.5. The van der Waals surface area contributed by atoms with Crippen molar-refractivity contribution in [1.82, 2.24) is 5.32 Å². The van der Waals surface area contributed by atoms with E-state index in [-0.39, 0.29) is 11.0 Å². The predicted molar refractivity (Wildman–Crippen MR) is 121 cm³/mol. The Morgan fingerprint density at radius 2 is 1.66 bits per heavy atom. The summed E-state index contributed by atoms with van der Waals surface area (Å²) in [6.07, 6.45) is -0.439. The van der Waals surface area contributed by atoms with Crippen molar-refractivity contribution < 1.29 is 4.79 Å². The van der Waals surface area contributed by atoms with E-state index in [1.807, 2.05) is 35.2 Å². The predicted octanol–water partition coefficient (Wildman–Crippen LogP) is 5.41. The van der Waals surface area contributed by atoms with Gasteiger partial charge in [-0.1, -0.05) is 71.0 Å². The lowest BCUT2D eigenvalue weighted by atomic mass is 9.86. The molecule has 0 fully saturated rings. The number of thiol groups is 1. The van der Waals surface area contributed by atoms with Crippen LogP contribution in [0.4, 0.5) is 5.69 Å². The molecule has 1 N–H and O–H groups in total. The first-order valence-corrected chi connectivity index (χ1v) is 10.2. The molecule has 1 unspecified atom stereocenters. The van der Waals surface area contributed by atoms with E-state index in [1.165, 1.54) is 11.1 Å². The molecule has 5 heteroatoms. The van der Waals surface area contributed by atoms with Crippen LogP contribution in [0.15, 0.2) is 59.1 Å². The van der Waals surface area contributed by atoms with Gasteiger partial charge >= 0.3 is 0 Å². The SMILES string of the molecule is CC(C)c1ccc(N2C(S)=C(C#N)C(=O)NC2c2ccc(C(C)(C)C)cc2)cc1. The van der Waals surface area contributed by atoms with E-state index in [1.54, 1.807) is 0 Å². The third kappa shape index (κ3) is 4.18. The van der Waals surface area contributed by atoms with Crippen LogP contribution < -0.4 is 10.2 Å². The maximum absolute atomic E-state index is 12.5. The van der Waals surface area contributed by atoms with Crippen LogP contribution in [0.2, 0.25) is 0 Å². The molecule has 1 atom stereocenters. The first kappa shape index (κ1) is 21.0. The van der Waals surface area contributed by atoms with E-state index in [9.17, 15) is 10.1 Å². The number of nitriles is 1. The monoisotopic (exact) mass is 405 g/mol. The zero-order chi connectivity index (χ0) is 21.3. The first-order chi connectivity index (χ1) is 13.6. The average molecular weight is 406 g/mol. The van der Waals surface area contributed by atoms with Gasteiger partial charge in [0.15, 0.2) is 0 Å².